The molecular weight excluding hydrogens is 400 g/mol. The number of carbonyl (C=O) groups is 2. The fraction of sp³-hybridized carbons (Fsp3) is 0.182. The SMILES string of the molecule is C=CCn1c(SCC(=O)Nc2cccc(C(C)=O)c2)nnc1-c1cccc(OC)c1. The summed E-state index contributed by atoms with van der Waals surface area (Å²) in [5.41, 5.74) is 1.99. The monoisotopic (exact) mass is 422 g/mol. The van der Waals surface area contributed by atoms with Crippen LogP contribution in [0.4, 0.5) is 5.69 Å². The van der Waals surface area contributed by atoms with Crippen LogP contribution in [0.25, 0.3) is 11.4 Å². The van der Waals surface area contributed by atoms with Crippen LogP contribution in [0.15, 0.2) is 66.3 Å². The summed E-state index contributed by atoms with van der Waals surface area (Å²) in [6.07, 6.45) is 1.75. The Hall–Kier alpha value is -3.39. The number of thioether (sulfide) groups is 1. The van der Waals surface area contributed by atoms with E-state index in [1.165, 1.54) is 18.7 Å². The minimum Gasteiger partial charge on any atom is -0.497 e. The molecule has 0 aliphatic rings. The number of ether oxygens (including phenoxy) is 1. The minimum atomic E-state index is -0.197. The van der Waals surface area contributed by atoms with Crippen molar-refractivity contribution in [2.75, 3.05) is 18.2 Å². The van der Waals surface area contributed by atoms with Crippen LogP contribution >= 0.6 is 11.8 Å². The molecule has 0 bridgehead atoms. The van der Waals surface area contributed by atoms with E-state index < -0.39 is 0 Å². The van der Waals surface area contributed by atoms with Gasteiger partial charge in [-0.1, -0.05) is 42.1 Å². The van der Waals surface area contributed by atoms with Crippen LogP contribution in [0, 0.1) is 0 Å². The Balaban J connectivity index is 1.72. The second-order valence-electron chi connectivity index (χ2n) is 6.41. The molecule has 8 heteroatoms. The molecule has 0 radical (unpaired) electrons. The fourth-order valence-corrected chi connectivity index (χ4v) is 3.56. The number of hydrogen-bond acceptors (Lipinski definition) is 6. The van der Waals surface area contributed by atoms with E-state index in [2.05, 4.69) is 22.1 Å². The Morgan fingerprint density at radius 3 is 2.73 bits per heavy atom. The van der Waals surface area contributed by atoms with Gasteiger partial charge in [-0.15, -0.1) is 16.8 Å². The predicted octanol–water partition coefficient (Wildman–Crippen LogP) is 4.07. The number of nitrogens with zero attached hydrogens (tertiary/aromatic N) is 3. The van der Waals surface area contributed by atoms with Crippen molar-refractivity contribution in [1.29, 1.82) is 0 Å². The van der Waals surface area contributed by atoms with Gasteiger partial charge < -0.3 is 10.1 Å². The molecule has 0 spiro atoms. The number of allylic oxidation sites excluding steroid dienone is 1. The zero-order valence-corrected chi connectivity index (χ0v) is 17.6. The Labute approximate surface area is 179 Å². The van der Waals surface area contributed by atoms with Crippen LogP contribution in [0.5, 0.6) is 5.75 Å². The van der Waals surface area contributed by atoms with Crippen LogP contribution in [-0.4, -0.2) is 39.3 Å². The van der Waals surface area contributed by atoms with Crippen LogP contribution in [0.1, 0.15) is 17.3 Å². The van der Waals surface area contributed by atoms with Crippen molar-refractivity contribution < 1.29 is 14.3 Å². The Morgan fingerprint density at radius 2 is 2.00 bits per heavy atom. The summed E-state index contributed by atoms with van der Waals surface area (Å²) in [4.78, 5) is 23.9. The summed E-state index contributed by atoms with van der Waals surface area (Å²) >= 11 is 1.28. The predicted molar refractivity (Wildman–Crippen MR) is 118 cm³/mol. The quantitative estimate of drug-likeness (QED) is 0.318. The molecule has 3 aromatic rings. The van der Waals surface area contributed by atoms with Gasteiger partial charge in [0.15, 0.2) is 16.8 Å². The van der Waals surface area contributed by atoms with Crippen molar-refractivity contribution in [3.05, 3.63) is 66.7 Å². The van der Waals surface area contributed by atoms with Crippen LogP contribution in [0.3, 0.4) is 0 Å². The third-order valence-electron chi connectivity index (χ3n) is 4.24. The number of rotatable bonds is 9. The van der Waals surface area contributed by atoms with Gasteiger partial charge in [-0.2, -0.15) is 0 Å². The second kappa shape index (κ2) is 9.89. The number of amides is 1. The first kappa shape index (κ1) is 21.3. The molecule has 0 saturated heterocycles. The molecule has 1 heterocycles. The van der Waals surface area contributed by atoms with Crippen molar-refractivity contribution in [2.45, 2.75) is 18.6 Å². The highest BCUT2D eigenvalue weighted by Crippen LogP contribution is 2.26. The van der Waals surface area contributed by atoms with E-state index in [-0.39, 0.29) is 17.4 Å². The van der Waals surface area contributed by atoms with Gasteiger partial charge in [0.2, 0.25) is 5.91 Å². The molecule has 0 aliphatic carbocycles. The van der Waals surface area contributed by atoms with Crippen LogP contribution in [0.2, 0.25) is 0 Å². The summed E-state index contributed by atoms with van der Waals surface area (Å²) in [6, 6.07) is 14.4. The zero-order chi connectivity index (χ0) is 21.5. The molecule has 1 N–H and O–H groups in total. The minimum absolute atomic E-state index is 0.0527. The van der Waals surface area contributed by atoms with E-state index in [0.29, 0.717) is 28.8 Å². The van der Waals surface area contributed by atoms with Gasteiger partial charge in [0.25, 0.3) is 0 Å². The highest BCUT2D eigenvalue weighted by Gasteiger charge is 2.15. The maximum Gasteiger partial charge on any atom is 0.234 e. The average Bonchev–Trinajstić information content (AvgIpc) is 3.15. The summed E-state index contributed by atoms with van der Waals surface area (Å²) in [6.45, 7) is 5.79. The van der Waals surface area contributed by atoms with Crippen LogP contribution < -0.4 is 10.1 Å². The number of ketones is 1. The third kappa shape index (κ3) is 5.15. The first-order valence-corrected chi connectivity index (χ1v) is 10.2. The highest BCUT2D eigenvalue weighted by molar-refractivity contribution is 7.99. The first-order valence-electron chi connectivity index (χ1n) is 9.24. The Bertz CT molecular complexity index is 1080. The topological polar surface area (TPSA) is 86.1 Å². The number of methoxy groups -OCH3 is 1. The smallest absolute Gasteiger partial charge is 0.234 e. The number of benzene rings is 2. The largest absolute Gasteiger partial charge is 0.497 e. The molecular formula is C22H22N4O3S. The van der Waals surface area contributed by atoms with Gasteiger partial charge in [0, 0.05) is 23.4 Å². The molecule has 30 heavy (non-hydrogen) atoms. The number of Topliss-reactive ketones (excluding diaryl/α,β-unsaturated/α-hetero) is 1. The van der Waals surface area contributed by atoms with E-state index in [1.807, 2.05) is 28.8 Å². The van der Waals surface area contributed by atoms with Crippen molar-refractivity contribution >= 4 is 29.1 Å². The molecule has 0 aliphatic heterocycles. The number of hydrogen-bond donors (Lipinski definition) is 1. The van der Waals surface area contributed by atoms with E-state index in [0.717, 1.165) is 11.3 Å². The van der Waals surface area contributed by atoms with E-state index in [1.54, 1.807) is 37.5 Å². The molecule has 3 rings (SSSR count). The molecule has 1 amide bonds. The Kier molecular flexibility index (Phi) is 7.03. The summed E-state index contributed by atoms with van der Waals surface area (Å²) in [7, 11) is 1.61. The van der Waals surface area contributed by atoms with Gasteiger partial charge in [0.1, 0.15) is 5.75 Å². The normalized spacial score (nSPS) is 10.5. The maximum atomic E-state index is 12.4. The third-order valence-corrected chi connectivity index (χ3v) is 5.21. The van der Waals surface area contributed by atoms with Gasteiger partial charge in [0.05, 0.1) is 12.9 Å². The summed E-state index contributed by atoms with van der Waals surface area (Å²) in [5, 5.41) is 12.0. The molecule has 7 nitrogen and oxygen atoms in total. The summed E-state index contributed by atoms with van der Waals surface area (Å²) < 4.78 is 7.18. The Morgan fingerprint density at radius 1 is 1.20 bits per heavy atom. The number of carbonyl (C=O) groups excluding carboxylic acids is 2. The lowest BCUT2D eigenvalue weighted by molar-refractivity contribution is -0.113. The fourth-order valence-electron chi connectivity index (χ4n) is 2.81. The average molecular weight is 423 g/mol. The number of nitrogens with one attached hydrogen (secondary N) is 1. The molecule has 0 saturated carbocycles. The lowest BCUT2D eigenvalue weighted by Gasteiger charge is -2.09. The molecule has 0 atom stereocenters. The molecule has 1 aromatic heterocycles. The van der Waals surface area contributed by atoms with Crippen molar-refractivity contribution in [2.24, 2.45) is 0 Å². The van der Waals surface area contributed by atoms with Crippen molar-refractivity contribution in [1.82, 2.24) is 14.8 Å². The van der Waals surface area contributed by atoms with Gasteiger partial charge >= 0.3 is 0 Å². The van der Waals surface area contributed by atoms with Crippen molar-refractivity contribution in [3.8, 4) is 17.1 Å². The van der Waals surface area contributed by atoms with Gasteiger partial charge in [-0.3, -0.25) is 14.2 Å². The standard InChI is InChI=1S/C22H22N4O3S/c1-4-11-26-21(17-8-6-10-19(13-17)29-3)24-25-22(26)30-14-20(28)23-18-9-5-7-16(12-18)15(2)27/h4-10,12-13H,1,11,14H2,2-3H3,(H,23,28). The highest BCUT2D eigenvalue weighted by atomic mass is 32.2. The molecule has 2 aromatic carbocycles. The number of aromatic nitrogens is 3. The number of anilines is 1. The molecule has 0 unspecified atom stereocenters. The van der Waals surface area contributed by atoms with Gasteiger partial charge in [-0.25, -0.2) is 0 Å². The van der Waals surface area contributed by atoms with E-state index in [4.69, 9.17) is 4.74 Å². The molecule has 154 valence electrons. The van der Waals surface area contributed by atoms with E-state index in [9.17, 15) is 9.59 Å². The lowest BCUT2D eigenvalue weighted by atomic mass is 10.1. The molecule has 0 fully saturated rings. The second-order valence-corrected chi connectivity index (χ2v) is 7.35. The van der Waals surface area contributed by atoms with Crippen LogP contribution in [-0.2, 0) is 11.3 Å². The van der Waals surface area contributed by atoms with Crippen molar-refractivity contribution in [3.63, 3.8) is 0 Å². The van der Waals surface area contributed by atoms with E-state index >= 15 is 0 Å². The first-order chi connectivity index (χ1) is 14.5. The van der Waals surface area contributed by atoms with Gasteiger partial charge in [-0.05, 0) is 31.2 Å². The summed E-state index contributed by atoms with van der Waals surface area (Å²) in [5.74, 6) is 1.30. The lowest BCUT2D eigenvalue weighted by Crippen LogP contribution is -2.15. The maximum absolute atomic E-state index is 12.4. The zero-order valence-electron chi connectivity index (χ0n) is 16.8.